The molecule has 1 aromatic heterocycles. The maximum Gasteiger partial charge on any atom is 0.410 e. The van der Waals surface area contributed by atoms with Gasteiger partial charge in [0.15, 0.2) is 5.75 Å². The van der Waals surface area contributed by atoms with Crippen molar-refractivity contribution < 1.29 is 14.6 Å². The first-order valence-corrected chi connectivity index (χ1v) is 7.89. The molecule has 1 amide bonds. The van der Waals surface area contributed by atoms with Crippen molar-refractivity contribution in [3.05, 3.63) is 12.4 Å². The predicted octanol–water partition coefficient (Wildman–Crippen LogP) is 2.26. The zero-order chi connectivity index (χ0) is 17.2. The molecule has 2 heterocycles. The standard InChI is InChI=1S/C16H26N4O3/c1-11-10-20(14-17-8-12(21)9-18-14)7-6-13(11)19(5)15(22)23-16(2,3)4/h8-9,11,13,21H,6-7,10H2,1-5H3. The van der Waals surface area contributed by atoms with Crippen LogP contribution >= 0.6 is 0 Å². The SMILES string of the molecule is CC1CN(c2ncc(O)cn2)CCC1N(C)C(=O)OC(C)(C)C. The summed E-state index contributed by atoms with van der Waals surface area (Å²) in [6, 6.07) is 0.123. The van der Waals surface area contributed by atoms with Crippen LogP contribution in [0, 0.1) is 5.92 Å². The maximum absolute atomic E-state index is 12.2. The molecule has 1 saturated heterocycles. The molecule has 7 nitrogen and oxygen atoms in total. The Morgan fingerprint density at radius 3 is 2.52 bits per heavy atom. The van der Waals surface area contributed by atoms with Crippen molar-refractivity contribution in [1.82, 2.24) is 14.9 Å². The van der Waals surface area contributed by atoms with Crippen LogP contribution in [0.2, 0.25) is 0 Å². The van der Waals surface area contributed by atoms with E-state index in [0.29, 0.717) is 5.95 Å². The van der Waals surface area contributed by atoms with Gasteiger partial charge in [-0.2, -0.15) is 0 Å². The first kappa shape index (κ1) is 17.3. The van der Waals surface area contributed by atoms with Crippen LogP contribution in [0.3, 0.4) is 0 Å². The van der Waals surface area contributed by atoms with E-state index >= 15 is 0 Å². The molecule has 2 unspecified atom stereocenters. The van der Waals surface area contributed by atoms with Gasteiger partial charge < -0.3 is 19.6 Å². The van der Waals surface area contributed by atoms with Gasteiger partial charge in [0, 0.05) is 26.2 Å². The topological polar surface area (TPSA) is 78.8 Å². The number of rotatable bonds is 2. The number of hydrogen-bond donors (Lipinski definition) is 1. The van der Waals surface area contributed by atoms with Gasteiger partial charge in [-0.25, -0.2) is 14.8 Å². The van der Waals surface area contributed by atoms with Crippen LogP contribution in [0.15, 0.2) is 12.4 Å². The van der Waals surface area contributed by atoms with E-state index in [1.165, 1.54) is 12.4 Å². The molecule has 0 spiro atoms. The molecular weight excluding hydrogens is 296 g/mol. The van der Waals surface area contributed by atoms with E-state index < -0.39 is 5.60 Å². The summed E-state index contributed by atoms with van der Waals surface area (Å²) in [6.45, 7) is 9.22. The highest BCUT2D eigenvalue weighted by Crippen LogP contribution is 2.25. The minimum atomic E-state index is -0.491. The summed E-state index contributed by atoms with van der Waals surface area (Å²) in [7, 11) is 1.79. The summed E-state index contributed by atoms with van der Waals surface area (Å²) < 4.78 is 5.45. The number of aromatic hydroxyl groups is 1. The van der Waals surface area contributed by atoms with E-state index in [0.717, 1.165) is 19.5 Å². The molecule has 128 valence electrons. The average Bonchev–Trinajstić information content (AvgIpc) is 2.45. The van der Waals surface area contributed by atoms with Crippen molar-refractivity contribution >= 4 is 12.0 Å². The fourth-order valence-corrected chi connectivity index (χ4v) is 2.84. The third kappa shape index (κ3) is 4.46. The number of carbonyl (C=O) groups is 1. The van der Waals surface area contributed by atoms with E-state index in [9.17, 15) is 9.90 Å². The van der Waals surface area contributed by atoms with Gasteiger partial charge in [-0.3, -0.25) is 0 Å². The Morgan fingerprint density at radius 2 is 2.00 bits per heavy atom. The molecule has 0 radical (unpaired) electrons. The van der Waals surface area contributed by atoms with Crippen molar-refractivity contribution in [2.75, 3.05) is 25.0 Å². The van der Waals surface area contributed by atoms with Crippen LogP contribution < -0.4 is 4.90 Å². The number of piperidine rings is 1. The largest absolute Gasteiger partial charge is 0.505 e. The normalized spacial score (nSPS) is 21.9. The molecule has 1 fully saturated rings. The van der Waals surface area contributed by atoms with E-state index in [1.807, 2.05) is 20.8 Å². The number of hydrogen-bond acceptors (Lipinski definition) is 6. The van der Waals surface area contributed by atoms with E-state index in [1.54, 1.807) is 11.9 Å². The van der Waals surface area contributed by atoms with E-state index in [2.05, 4.69) is 21.8 Å². The van der Waals surface area contributed by atoms with Crippen LogP contribution in [0.4, 0.5) is 10.7 Å². The zero-order valence-electron chi connectivity index (χ0n) is 14.5. The minimum Gasteiger partial charge on any atom is -0.505 e. The Morgan fingerprint density at radius 1 is 1.39 bits per heavy atom. The lowest BCUT2D eigenvalue weighted by Gasteiger charge is -2.41. The average molecular weight is 322 g/mol. The lowest BCUT2D eigenvalue weighted by molar-refractivity contribution is 0.0150. The molecule has 2 rings (SSSR count). The predicted molar refractivity (Wildman–Crippen MR) is 87.5 cm³/mol. The number of carbonyl (C=O) groups excluding carboxylic acids is 1. The van der Waals surface area contributed by atoms with Crippen molar-refractivity contribution in [3.63, 3.8) is 0 Å². The van der Waals surface area contributed by atoms with E-state index in [4.69, 9.17) is 4.74 Å². The van der Waals surface area contributed by atoms with Crippen LogP contribution in [-0.4, -0.2) is 57.8 Å². The molecule has 0 saturated carbocycles. The van der Waals surface area contributed by atoms with E-state index in [-0.39, 0.29) is 23.8 Å². The van der Waals surface area contributed by atoms with Crippen molar-refractivity contribution in [2.24, 2.45) is 5.92 Å². The van der Waals surface area contributed by atoms with Crippen LogP contribution in [0.25, 0.3) is 0 Å². The third-order valence-corrected chi connectivity index (χ3v) is 3.95. The lowest BCUT2D eigenvalue weighted by Crippen LogP contribution is -2.52. The number of amides is 1. The summed E-state index contributed by atoms with van der Waals surface area (Å²) in [4.78, 5) is 24.3. The minimum absolute atomic E-state index is 0.0568. The molecule has 2 atom stereocenters. The molecule has 1 N–H and O–H groups in total. The highest BCUT2D eigenvalue weighted by atomic mass is 16.6. The molecule has 1 aliphatic rings. The smallest absolute Gasteiger partial charge is 0.410 e. The van der Waals surface area contributed by atoms with Gasteiger partial charge in [-0.05, 0) is 33.1 Å². The number of aromatic nitrogens is 2. The van der Waals surface area contributed by atoms with Crippen LogP contribution in [0.5, 0.6) is 5.75 Å². The van der Waals surface area contributed by atoms with Crippen LogP contribution in [0.1, 0.15) is 34.1 Å². The molecule has 0 bridgehead atoms. The zero-order valence-corrected chi connectivity index (χ0v) is 14.5. The summed E-state index contributed by atoms with van der Waals surface area (Å²) in [5.41, 5.74) is -0.491. The van der Waals surface area contributed by atoms with Gasteiger partial charge >= 0.3 is 6.09 Å². The number of anilines is 1. The molecule has 23 heavy (non-hydrogen) atoms. The van der Waals surface area contributed by atoms with Gasteiger partial charge in [-0.1, -0.05) is 6.92 Å². The number of nitrogens with zero attached hydrogens (tertiary/aromatic N) is 4. The molecule has 0 aliphatic carbocycles. The summed E-state index contributed by atoms with van der Waals surface area (Å²) in [5, 5.41) is 9.27. The first-order valence-electron chi connectivity index (χ1n) is 7.89. The molecule has 0 aromatic carbocycles. The Balaban J connectivity index is 1.98. The molecule has 1 aliphatic heterocycles. The fourth-order valence-electron chi connectivity index (χ4n) is 2.84. The van der Waals surface area contributed by atoms with Gasteiger partial charge in [-0.15, -0.1) is 0 Å². The van der Waals surface area contributed by atoms with Crippen molar-refractivity contribution in [2.45, 2.75) is 45.8 Å². The monoisotopic (exact) mass is 322 g/mol. The van der Waals surface area contributed by atoms with Gasteiger partial charge in [0.25, 0.3) is 0 Å². The summed E-state index contributed by atoms with van der Waals surface area (Å²) >= 11 is 0. The van der Waals surface area contributed by atoms with Crippen molar-refractivity contribution in [1.29, 1.82) is 0 Å². The fraction of sp³-hybridized carbons (Fsp3) is 0.688. The Kier molecular flexibility index (Phi) is 4.97. The number of ether oxygens (including phenoxy) is 1. The Hall–Kier alpha value is -2.05. The second kappa shape index (κ2) is 6.60. The summed E-state index contributed by atoms with van der Waals surface area (Å²) in [5.74, 6) is 0.924. The first-order chi connectivity index (χ1) is 10.7. The second-order valence-corrected chi connectivity index (χ2v) is 7.11. The highest BCUT2D eigenvalue weighted by Gasteiger charge is 2.33. The quantitative estimate of drug-likeness (QED) is 0.900. The summed E-state index contributed by atoms with van der Waals surface area (Å²) in [6.07, 6.45) is 3.32. The van der Waals surface area contributed by atoms with Gasteiger partial charge in [0.2, 0.25) is 5.95 Å². The third-order valence-electron chi connectivity index (χ3n) is 3.95. The molecule has 7 heteroatoms. The second-order valence-electron chi connectivity index (χ2n) is 7.11. The van der Waals surface area contributed by atoms with Crippen molar-refractivity contribution in [3.8, 4) is 5.75 Å². The molecular formula is C16H26N4O3. The Labute approximate surface area is 137 Å². The Bertz CT molecular complexity index is 541. The van der Waals surface area contributed by atoms with Gasteiger partial charge in [0.1, 0.15) is 5.60 Å². The molecule has 1 aromatic rings. The highest BCUT2D eigenvalue weighted by molar-refractivity contribution is 5.68. The maximum atomic E-state index is 12.2. The van der Waals surface area contributed by atoms with Gasteiger partial charge in [0.05, 0.1) is 12.4 Å². The van der Waals surface area contributed by atoms with Crippen LogP contribution in [-0.2, 0) is 4.74 Å². The lowest BCUT2D eigenvalue weighted by atomic mass is 9.93.